The first-order chi connectivity index (χ1) is 21.9. The van der Waals surface area contributed by atoms with Crippen molar-refractivity contribution in [2.75, 3.05) is 109 Å². The van der Waals surface area contributed by atoms with Crippen LogP contribution in [0.15, 0.2) is 0 Å². The fourth-order valence-corrected chi connectivity index (χ4v) is 3.52. The molecule has 0 aromatic carbocycles. The van der Waals surface area contributed by atoms with Crippen LogP contribution in [0.5, 0.6) is 0 Å². The summed E-state index contributed by atoms with van der Waals surface area (Å²) >= 11 is 0. The number of carbonyl (C=O) groups is 9. The van der Waals surface area contributed by atoms with Crippen molar-refractivity contribution in [1.82, 2.24) is 39.2 Å². The second-order valence-corrected chi connectivity index (χ2v) is 12.6. The van der Waals surface area contributed by atoms with Gasteiger partial charge in [-0.05, 0) is 20.8 Å². The molecule has 0 rings (SSSR count). The lowest BCUT2D eigenvalue weighted by molar-refractivity contribution is -0.146. The van der Waals surface area contributed by atoms with Crippen molar-refractivity contribution in [2.24, 2.45) is 5.73 Å². The molecule has 48 heavy (non-hydrogen) atoms. The molecule has 0 aliphatic rings. The second kappa shape index (κ2) is 19.0. The lowest BCUT2D eigenvalue weighted by Crippen LogP contribution is -2.49. The van der Waals surface area contributed by atoms with E-state index in [-0.39, 0.29) is 34.2 Å². The Morgan fingerprint density at radius 3 is 0.792 bits per heavy atom. The molecule has 0 radical (unpaired) electrons. The third-order valence-corrected chi connectivity index (χ3v) is 6.69. The number of hydrogen-bond acceptors (Lipinski definition) is 10. The first kappa shape index (κ1) is 43.0. The molecule has 0 unspecified atom stereocenters. The number of carbonyl (C=O) groups excluding carboxylic acids is 9. The van der Waals surface area contributed by atoms with Gasteiger partial charge in [-0.25, -0.2) is 4.79 Å². The van der Waals surface area contributed by atoms with Gasteiger partial charge in [0.25, 0.3) is 0 Å². The number of amides is 9. The van der Waals surface area contributed by atoms with Crippen LogP contribution < -0.4 is 5.73 Å². The number of rotatable bonds is 16. The van der Waals surface area contributed by atoms with E-state index in [9.17, 15) is 43.2 Å². The maximum Gasteiger partial charge on any atom is 0.410 e. The van der Waals surface area contributed by atoms with Gasteiger partial charge in [0.05, 0.1) is 45.8 Å². The van der Waals surface area contributed by atoms with Crippen LogP contribution in [0.3, 0.4) is 0 Å². The Balaban J connectivity index is 0. The van der Waals surface area contributed by atoms with E-state index < -0.39 is 78.6 Å². The Labute approximate surface area is 282 Å². The normalized spacial score (nSPS) is 10.6. The van der Waals surface area contributed by atoms with E-state index in [4.69, 9.17) is 10.5 Å². The minimum Gasteiger partial charge on any atom is -0.444 e. The molecule has 2 N–H and O–H groups in total. The SMILES string of the molecule is CN(CC(N)=O)C(=O)CN(C)C(=O)CN(C)C(=O)CN(C)C(=O)CN(C)C(=O)CN(C)C(=O)CN(C)C(=O)CN(C)C(=O)OC(C)(C)C.[HH]. The van der Waals surface area contributed by atoms with Crippen molar-refractivity contribution < 1.29 is 49.3 Å². The van der Waals surface area contributed by atoms with Crippen molar-refractivity contribution in [3.63, 3.8) is 0 Å². The van der Waals surface area contributed by atoms with Crippen molar-refractivity contribution in [2.45, 2.75) is 26.4 Å². The Kier molecular flexibility index (Phi) is 17.0. The molecule has 0 saturated carbocycles. The number of likely N-dealkylation sites (N-methyl/N-ethyl adjacent to an activating group) is 8. The monoisotopic (exact) mass is 687 g/mol. The van der Waals surface area contributed by atoms with E-state index in [0.29, 0.717) is 0 Å². The summed E-state index contributed by atoms with van der Waals surface area (Å²) in [5.74, 6) is -4.65. The molecular formula is C29H53N9O10. The van der Waals surface area contributed by atoms with Gasteiger partial charge in [0.15, 0.2) is 0 Å². The molecule has 19 nitrogen and oxygen atoms in total. The summed E-state index contributed by atoms with van der Waals surface area (Å²) in [6.07, 6.45) is -0.700. The van der Waals surface area contributed by atoms with E-state index in [1.165, 1.54) is 56.4 Å². The smallest absolute Gasteiger partial charge is 0.410 e. The standard InChI is InChI=1S/C29H51N9O10.H2/c1-29(2,3)48-28(47)38(11)19-27(46)37(10)18-26(45)36(9)17-25(44)35(8)16-24(43)34(7)15-23(42)33(6)14-22(41)32(5)13-21(40)31(4)12-20(30)39;/h12-19H2,1-11H3,(H2,30,39);1H. The number of hydrogen-bond donors (Lipinski definition) is 1. The van der Waals surface area contributed by atoms with Gasteiger partial charge in [-0.2, -0.15) is 0 Å². The molecule has 0 heterocycles. The molecule has 0 aromatic heterocycles. The summed E-state index contributed by atoms with van der Waals surface area (Å²) in [6.45, 7) is 2.11. The Morgan fingerprint density at radius 2 is 0.604 bits per heavy atom. The molecular weight excluding hydrogens is 634 g/mol. The molecule has 0 spiro atoms. The van der Waals surface area contributed by atoms with Crippen LogP contribution in [0.2, 0.25) is 0 Å². The summed E-state index contributed by atoms with van der Waals surface area (Å²) in [4.78, 5) is 120. The topological polar surface area (TPSA) is 215 Å². The van der Waals surface area contributed by atoms with Crippen LogP contribution in [0.25, 0.3) is 0 Å². The van der Waals surface area contributed by atoms with E-state index in [0.717, 1.165) is 39.2 Å². The summed E-state index contributed by atoms with van der Waals surface area (Å²) in [7, 11) is 10.9. The van der Waals surface area contributed by atoms with Gasteiger partial charge >= 0.3 is 6.09 Å². The van der Waals surface area contributed by atoms with Gasteiger partial charge in [0, 0.05) is 57.8 Å². The highest BCUT2D eigenvalue weighted by Crippen LogP contribution is 2.09. The van der Waals surface area contributed by atoms with E-state index in [2.05, 4.69) is 0 Å². The predicted octanol–water partition coefficient (Wildman–Crippen LogP) is -3.21. The summed E-state index contributed by atoms with van der Waals surface area (Å²) in [6, 6.07) is 0. The first-order valence-electron chi connectivity index (χ1n) is 14.8. The third kappa shape index (κ3) is 16.0. The third-order valence-electron chi connectivity index (χ3n) is 6.69. The zero-order valence-electron chi connectivity index (χ0n) is 29.9. The molecule has 19 heteroatoms. The van der Waals surface area contributed by atoms with Crippen LogP contribution in [0.4, 0.5) is 4.79 Å². The van der Waals surface area contributed by atoms with Crippen LogP contribution in [0.1, 0.15) is 22.2 Å². The van der Waals surface area contributed by atoms with E-state index >= 15 is 0 Å². The Bertz CT molecular complexity index is 1240. The quantitative estimate of drug-likeness (QED) is 0.171. The summed E-state index contributed by atoms with van der Waals surface area (Å²) in [5.41, 5.74) is 4.32. The van der Waals surface area contributed by atoms with Crippen molar-refractivity contribution in [3.05, 3.63) is 0 Å². The van der Waals surface area contributed by atoms with E-state index in [1.54, 1.807) is 20.8 Å². The van der Waals surface area contributed by atoms with Crippen molar-refractivity contribution >= 4 is 53.4 Å². The summed E-state index contributed by atoms with van der Waals surface area (Å²) in [5, 5.41) is 0. The lowest BCUT2D eigenvalue weighted by atomic mass is 10.2. The first-order valence-corrected chi connectivity index (χ1v) is 14.8. The molecule has 9 amide bonds. The zero-order valence-corrected chi connectivity index (χ0v) is 29.9. The second-order valence-electron chi connectivity index (χ2n) is 12.6. The van der Waals surface area contributed by atoms with Gasteiger partial charge in [-0.15, -0.1) is 0 Å². The number of nitrogens with two attached hydrogens (primary N) is 1. The molecule has 0 aliphatic heterocycles. The fraction of sp³-hybridized carbons (Fsp3) is 0.690. The average Bonchev–Trinajstić information content (AvgIpc) is 2.94. The molecule has 0 aliphatic carbocycles. The number of nitrogens with zero attached hydrogens (tertiary/aromatic N) is 8. The van der Waals surface area contributed by atoms with Gasteiger partial charge in [-0.3, -0.25) is 38.4 Å². The highest BCUT2D eigenvalue weighted by molar-refractivity contribution is 5.93. The van der Waals surface area contributed by atoms with Gasteiger partial charge in [-0.1, -0.05) is 0 Å². The highest BCUT2D eigenvalue weighted by atomic mass is 16.6. The van der Waals surface area contributed by atoms with Crippen molar-refractivity contribution in [3.8, 4) is 0 Å². The molecule has 274 valence electrons. The highest BCUT2D eigenvalue weighted by Gasteiger charge is 2.26. The van der Waals surface area contributed by atoms with E-state index in [1.807, 2.05) is 0 Å². The maximum atomic E-state index is 12.7. The van der Waals surface area contributed by atoms with Gasteiger partial charge in [0.1, 0.15) is 12.1 Å². The fourth-order valence-electron chi connectivity index (χ4n) is 3.52. The number of primary amides is 1. The van der Waals surface area contributed by atoms with Crippen LogP contribution in [-0.2, 0) is 43.1 Å². The van der Waals surface area contributed by atoms with Crippen molar-refractivity contribution in [1.29, 1.82) is 0 Å². The molecule has 0 aromatic rings. The van der Waals surface area contributed by atoms with Crippen LogP contribution >= 0.6 is 0 Å². The molecule has 0 saturated heterocycles. The maximum absolute atomic E-state index is 12.7. The minimum absolute atomic E-state index is 0. The average molecular weight is 688 g/mol. The predicted molar refractivity (Wildman–Crippen MR) is 174 cm³/mol. The molecule has 0 fully saturated rings. The summed E-state index contributed by atoms with van der Waals surface area (Å²) < 4.78 is 5.20. The largest absolute Gasteiger partial charge is 0.444 e. The Morgan fingerprint density at radius 1 is 0.417 bits per heavy atom. The molecule has 0 atom stereocenters. The van der Waals surface area contributed by atoms with Gasteiger partial charge < -0.3 is 49.7 Å². The Hall–Kier alpha value is -4.97. The number of ether oxygens (including phenoxy) is 1. The van der Waals surface area contributed by atoms with Gasteiger partial charge in [0.2, 0.25) is 47.3 Å². The molecule has 0 bridgehead atoms. The zero-order chi connectivity index (χ0) is 37.7. The minimum atomic E-state index is -0.745. The lowest BCUT2D eigenvalue weighted by Gasteiger charge is -2.27. The van der Waals surface area contributed by atoms with Crippen LogP contribution in [-0.4, -0.2) is 207 Å². The van der Waals surface area contributed by atoms with Crippen LogP contribution in [0, 0.1) is 0 Å².